The highest BCUT2D eigenvalue weighted by Gasteiger charge is 2.06. The van der Waals surface area contributed by atoms with Crippen molar-refractivity contribution in [3.8, 4) is 0 Å². The predicted molar refractivity (Wildman–Crippen MR) is 68.9 cm³/mol. The molecule has 1 amide bonds. The lowest BCUT2D eigenvalue weighted by Crippen LogP contribution is -2.13. The minimum Gasteiger partial charge on any atom is -0.478 e. The van der Waals surface area contributed by atoms with Crippen molar-refractivity contribution < 1.29 is 14.7 Å². The fraction of sp³-hybridized carbons (Fsp3) is 0.154. The summed E-state index contributed by atoms with van der Waals surface area (Å²) in [6, 6.07) is 6.65. The topological polar surface area (TPSA) is 95.1 Å². The minimum absolute atomic E-state index is 0.0874. The van der Waals surface area contributed by atoms with Gasteiger partial charge in [-0.2, -0.15) is 0 Å². The largest absolute Gasteiger partial charge is 0.478 e. The maximum Gasteiger partial charge on any atom is 0.337 e. The third kappa shape index (κ3) is 3.67. The predicted octanol–water partition coefficient (Wildman–Crippen LogP) is 1.68. The van der Waals surface area contributed by atoms with Crippen molar-refractivity contribution >= 4 is 17.7 Å². The highest BCUT2D eigenvalue weighted by molar-refractivity contribution is 5.91. The zero-order valence-corrected chi connectivity index (χ0v) is 10.1. The smallest absolute Gasteiger partial charge is 0.337 e. The Balaban J connectivity index is 1.86. The fourth-order valence-corrected chi connectivity index (χ4v) is 1.57. The van der Waals surface area contributed by atoms with Gasteiger partial charge >= 0.3 is 5.97 Å². The fourth-order valence-electron chi connectivity index (χ4n) is 1.57. The number of rotatable bonds is 5. The number of nitrogens with zero attached hydrogens (tertiary/aromatic N) is 1. The lowest BCUT2D eigenvalue weighted by molar-refractivity contribution is -0.116. The number of hydrogen-bond donors (Lipinski definition) is 3. The zero-order valence-electron chi connectivity index (χ0n) is 10.1. The molecule has 2 rings (SSSR count). The van der Waals surface area contributed by atoms with Crippen LogP contribution in [-0.4, -0.2) is 27.0 Å². The van der Waals surface area contributed by atoms with Gasteiger partial charge in [0.05, 0.1) is 5.56 Å². The second-order valence-corrected chi connectivity index (χ2v) is 3.98. The second-order valence-electron chi connectivity index (χ2n) is 3.98. The number of aryl methyl sites for hydroxylation is 1. The van der Waals surface area contributed by atoms with Crippen LogP contribution < -0.4 is 5.32 Å². The number of anilines is 1. The Kier molecular flexibility index (Phi) is 3.92. The second kappa shape index (κ2) is 5.81. The molecule has 0 aliphatic rings. The SMILES string of the molecule is O=C(CCc1ccc[nH]1)Nc1ccc(C(=O)O)cn1. The molecule has 0 fully saturated rings. The summed E-state index contributed by atoms with van der Waals surface area (Å²) in [5.74, 6) is -0.858. The van der Waals surface area contributed by atoms with Crippen LogP contribution in [0.25, 0.3) is 0 Å². The van der Waals surface area contributed by atoms with E-state index >= 15 is 0 Å². The molecule has 0 saturated carbocycles. The molecule has 0 aromatic carbocycles. The van der Waals surface area contributed by atoms with Gasteiger partial charge in [-0.25, -0.2) is 9.78 Å². The molecule has 0 aliphatic heterocycles. The molecule has 6 heteroatoms. The van der Waals surface area contributed by atoms with Crippen LogP contribution >= 0.6 is 0 Å². The first-order chi connectivity index (χ1) is 9.15. The molecule has 0 bridgehead atoms. The molecule has 0 spiro atoms. The van der Waals surface area contributed by atoms with Gasteiger partial charge in [0.15, 0.2) is 0 Å². The van der Waals surface area contributed by atoms with Crippen LogP contribution in [0.1, 0.15) is 22.5 Å². The van der Waals surface area contributed by atoms with Gasteiger partial charge < -0.3 is 15.4 Å². The van der Waals surface area contributed by atoms with E-state index in [0.29, 0.717) is 18.7 Å². The first kappa shape index (κ1) is 12.8. The van der Waals surface area contributed by atoms with Crippen molar-refractivity contribution in [2.45, 2.75) is 12.8 Å². The Bertz CT molecular complexity index is 561. The Morgan fingerprint density at radius 1 is 1.32 bits per heavy atom. The first-order valence-corrected chi connectivity index (χ1v) is 5.76. The van der Waals surface area contributed by atoms with Crippen LogP contribution in [0.4, 0.5) is 5.82 Å². The highest BCUT2D eigenvalue weighted by atomic mass is 16.4. The first-order valence-electron chi connectivity index (χ1n) is 5.76. The minimum atomic E-state index is -1.04. The van der Waals surface area contributed by atoms with Crippen molar-refractivity contribution in [2.75, 3.05) is 5.32 Å². The molecule has 0 radical (unpaired) electrons. The van der Waals surface area contributed by atoms with Crippen molar-refractivity contribution in [2.24, 2.45) is 0 Å². The maximum atomic E-state index is 11.6. The summed E-state index contributed by atoms with van der Waals surface area (Å²) >= 11 is 0. The highest BCUT2D eigenvalue weighted by Crippen LogP contribution is 2.06. The Morgan fingerprint density at radius 3 is 2.74 bits per heavy atom. The number of carboxylic acid groups (broad SMARTS) is 1. The number of pyridine rings is 1. The van der Waals surface area contributed by atoms with E-state index in [0.717, 1.165) is 5.69 Å². The number of carbonyl (C=O) groups is 2. The van der Waals surface area contributed by atoms with Gasteiger partial charge in [-0.1, -0.05) is 0 Å². The van der Waals surface area contributed by atoms with Crippen molar-refractivity contribution in [1.82, 2.24) is 9.97 Å². The van der Waals surface area contributed by atoms with Crippen molar-refractivity contribution in [3.05, 3.63) is 47.9 Å². The standard InChI is InChI=1S/C13H13N3O3/c17-12(6-4-10-2-1-7-14-10)16-11-5-3-9(8-15-11)13(18)19/h1-3,5,7-8,14H,4,6H2,(H,18,19)(H,15,16,17). The van der Waals surface area contributed by atoms with E-state index in [4.69, 9.17) is 5.11 Å². The average Bonchev–Trinajstić information content (AvgIpc) is 2.90. The molecule has 0 atom stereocenters. The third-order valence-corrected chi connectivity index (χ3v) is 2.56. The van der Waals surface area contributed by atoms with Gasteiger partial charge in [0.2, 0.25) is 5.91 Å². The summed E-state index contributed by atoms with van der Waals surface area (Å²) in [4.78, 5) is 29.2. The van der Waals surface area contributed by atoms with Gasteiger partial charge in [0.1, 0.15) is 5.82 Å². The summed E-state index contributed by atoms with van der Waals surface area (Å²) in [6.45, 7) is 0. The van der Waals surface area contributed by atoms with Crippen molar-refractivity contribution in [3.63, 3.8) is 0 Å². The monoisotopic (exact) mass is 259 g/mol. The lowest BCUT2D eigenvalue weighted by atomic mass is 10.2. The van der Waals surface area contributed by atoms with E-state index in [1.807, 2.05) is 12.1 Å². The van der Waals surface area contributed by atoms with Gasteiger partial charge in [-0.15, -0.1) is 0 Å². The number of carboxylic acids is 1. The van der Waals surface area contributed by atoms with E-state index in [1.165, 1.54) is 18.3 Å². The summed E-state index contributed by atoms with van der Waals surface area (Å²) in [5.41, 5.74) is 1.08. The number of nitrogens with one attached hydrogen (secondary N) is 2. The molecule has 3 N–H and O–H groups in total. The Labute approximate surface area is 109 Å². The molecule has 98 valence electrons. The number of aromatic nitrogens is 2. The van der Waals surface area contributed by atoms with E-state index in [-0.39, 0.29) is 11.5 Å². The number of carbonyl (C=O) groups excluding carboxylic acids is 1. The van der Waals surface area contributed by atoms with Gasteiger partial charge in [-0.05, 0) is 30.7 Å². The molecule has 2 aromatic rings. The summed E-state index contributed by atoms with van der Waals surface area (Å²) in [7, 11) is 0. The van der Waals surface area contributed by atoms with Gasteiger partial charge in [0.25, 0.3) is 0 Å². The maximum absolute atomic E-state index is 11.6. The number of aromatic amines is 1. The molecular weight excluding hydrogens is 246 g/mol. The molecule has 0 saturated heterocycles. The Hall–Kier alpha value is -2.63. The van der Waals surface area contributed by atoms with Crippen LogP contribution in [0.15, 0.2) is 36.7 Å². The van der Waals surface area contributed by atoms with Crippen LogP contribution in [0, 0.1) is 0 Å². The van der Waals surface area contributed by atoms with E-state index < -0.39 is 5.97 Å². The molecular formula is C13H13N3O3. The molecule has 0 unspecified atom stereocenters. The van der Waals surface area contributed by atoms with E-state index in [2.05, 4.69) is 15.3 Å². The number of H-pyrrole nitrogens is 1. The van der Waals surface area contributed by atoms with Gasteiger partial charge in [-0.3, -0.25) is 4.79 Å². The lowest BCUT2D eigenvalue weighted by Gasteiger charge is -2.04. The van der Waals surface area contributed by atoms with Crippen molar-refractivity contribution in [1.29, 1.82) is 0 Å². The summed E-state index contributed by atoms with van der Waals surface area (Å²) in [5, 5.41) is 11.3. The summed E-state index contributed by atoms with van der Waals surface area (Å²) < 4.78 is 0. The molecule has 2 heterocycles. The molecule has 6 nitrogen and oxygen atoms in total. The number of aromatic carboxylic acids is 1. The Morgan fingerprint density at radius 2 is 2.16 bits per heavy atom. The number of hydrogen-bond acceptors (Lipinski definition) is 3. The van der Waals surface area contributed by atoms with Crippen LogP contribution in [0.5, 0.6) is 0 Å². The molecule has 0 aliphatic carbocycles. The quantitative estimate of drug-likeness (QED) is 0.761. The normalized spacial score (nSPS) is 10.1. The molecule has 2 aromatic heterocycles. The van der Waals surface area contributed by atoms with Crippen LogP contribution in [-0.2, 0) is 11.2 Å². The van der Waals surface area contributed by atoms with Gasteiger partial charge in [0, 0.05) is 24.5 Å². The zero-order chi connectivity index (χ0) is 13.7. The van der Waals surface area contributed by atoms with E-state index in [1.54, 1.807) is 6.20 Å². The average molecular weight is 259 g/mol. The van der Waals surface area contributed by atoms with Crippen LogP contribution in [0.3, 0.4) is 0 Å². The van der Waals surface area contributed by atoms with Crippen LogP contribution in [0.2, 0.25) is 0 Å². The third-order valence-electron chi connectivity index (χ3n) is 2.56. The van der Waals surface area contributed by atoms with E-state index in [9.17, 15) is 9.59 Å². The summed E-state index contributed by atoms with van der Waals surface area (Å²) in [6.07, 6.45) is 3.97. The number of amides is 1. The molecule has 19 heavy (non-hydrogen) atoms.